The number of sulfone groups is 1. The topological polar surface area (TPSA) is 49.4 Å². The van der Waals surface area contributed by atoms with Crippen molar-refractivity contribution in [2.24, 2.45) is 5.92 Å². The standard InChI is InChI=1S/C19H30N2O2S.C2H6/c1-2-24(22,23)19-5-3-4-18(14-19)17-8-12-21(13-9-17)15-16-6-10-20-11-7-16;1-2/h3-5,14,16-17,20H,2,6-13,15H2,1H3;1-2H3. The number of piperidine rings is 2. The number of nitrogens with one attached hydrogen (secondary N) is 1. The van der Waals surface area contributed by atoms with E-state index >= 15 is 0 Å². The summed E-state index contributed by atoms with van der Waals surface area (Å²) in [5.41, 5.74) is 1.20. The summed E-state index contributed by atoms with van der Waals surface area (Å²) in [6.07, 6.45) is 4.88. The van der Waals surface area contributed by atoms with Crippen molar-refractivity contribution in [3.8, 4) is 0 Å². The second-order valence-electron chi connectivity index (χ2n) is 7.24. The third kappa shape index (κ3) is 5.80. The number of likely N-dealkylation sites (tertiary alicyclic amines) is 1. The summed E-state index contributed by atoms with van der Waals surface area (Å²) in [4.78, 5) is 3.10. The van der Waals surface area contributed by atoms with E-state index in [2.05, 4.69) is 16.3 Å². The van der Waals surface area contributed by atoms with E-state index in [0.29, 0.717) is 10.8 Å². The highest BCUT2D eigenvalue weighted by Crippen LogP contribution is 2.30. The molecule has 2 saturated heterocycles. The van der Waals surface area contributed by atoms with Gasteiger partial charge in [0.05, 0.1) is 10.6 Å². The van der Waals surface area contributed by atoms with Gasteiger partial charge in [-0.25, -0.2) is 8.42 Å². The summed E-state index contributed by atoms with van der Waals surface area (Å²) < 4.78 is 24.2. The normalized spacial score (nSPS) is 20.4. The molecule has 3 rings (SSSR count). The van der Waals surface area contributed by atoms with Crippen molar-refractivity contribution in [2.45, 2.75) is 57.3 Å². The zero-order valence-electron chi connectivity index (χ0n) is 16.7. The van der Waals surface area contributed by atoms with Gasteiger partial charge < -0.3 is 10.2 Å². The largest absolute Gasteiger partial charge is 0.317 e. The van der Waals surface area contributed by atoms with Crippen molar-refractivity contribution in [2.75, 3.05) is 38.5 Å². The first kappa shape index (κ1) is 21.4. The fraction of sp³-hybridized carbons (Fsp3) is 0.714. The molecule has 5 heteroatoms. The molecular formula is C21H36N2O2S. The predicted molar refractivity (Wildman–Crippen MR) is 110 cm³/mol. The molecule has 0 aromatic heterocycles. The van der Waals surface area contributed by atoms with Crippen molar-refractivity contribution < 1.29 is 8.42 Å². The lowest BCUT2D eigenvalue weighted by Gasteiger charge is -2.35. The predicted octanol–water partition coefficient (Wildman–Crippen LogP) is 3.69. The van der Waals surface area contributed by atoms with Crippen LogP contribution in [0, 0.1) is 5.92 Å². The average Bonchev–Trinajstić information content (AvgIpc) is 2.71. The molecular weight excluding hydrogens is 344 g/mol. The van der Waals surface area contributed by atoms with Gasteiger partial charge in [0.25, 0.3) is 0 Å². The Labute approximate surface area is 160 Å². The van der Waals surface area contributed by atoms with Gasteiger partial charge in [0.2, 0.25) is 0 Å². The fourth-order valence-electron chi connectivity index (χ4n) is 4.01. The maximum Gasteiger partial charge on any atom is 0.178 e. The van der Waals surface area contributed by atoms with Crippen LogP contribution in [0.1, 0.15) is 57.9 Å². The Hall–Kier alpha value is -0.910. The molecule has 1 N–H and O–H groups in total. The van der Waals surface area contributed by atoms with Crippen LogP contribution in [0.15, 0.2) is 29.2 Å². The van der Waals surface area contributed by atoms with E-state index in [9.17, 15) is 8.42 Å². The minimum atomic E-state index is -3.11. The molecule has 2 aliphatic heterocycles. The molecule has 0 bridgehead atoms. The summed E-state index contributed by atoms with van der Waals surface area (Å²) in [7, 11) is -3.11. The van der Waals surface area contributed by atoms with Crippen LogP contribution < -0.4 is 5.32 Å². The minimum Gasteiger partial charge on any atom is -0.317 e. The van der Waals surface area contributed by atoms with E-state index in [4.69, 9.17) is 0 Å². The molecule has 1 aromatic rings. The maximum atomic E-state index is 12.1. The van der Waals surface area contributed by atoms with Crippen LogP contribution in [0.2, 0.25) is 0 Å². The zero-order valence-corrected chi connectivity index (χ0v) is 17.5. The van der Waals surface area contributed by atoms with Gasteiger partial charge in [-0.3, -0.25) is 0 Å². The van der Waals surface area contributed by atoms with Crippen LogP contribution in [0.3, 0.4) is 0 Å². The summed E-state index contributed by atoms with van der Waals surface area (Å²) in [5, 5.41) is 3.44. The van der Waals surface area contributed by atoms with Crippen LogP contribution in [0.5, 0.6) is 0 Å². The smallest absolute Gasteiger partial charge is 0.178 e. The SMILES string of the molecule is CC.CCS(=O)(=O)c1cccc(C2CCN(CC3CCNCC3)CC2)c1. The van der Waals surface area contributed by atoms with Crippen molar-refractivity contribution in [3.63, 3.8) is 0 Å². The summed E-state index contributed by atoms with van der Waals surface area (Å²) >= 11 is 0. The molecule has 0 unspecified atom stereocenters. The van der Waals surface area contributed by atoms with Gasteiger partial charge >= 0.3 is 0 Å². The van der Waals surface area contributed by atoms with Crippen molar-refractivity contribution in [1.29, 1.82) is 0 Å². The van der Waals surface area contributed by atoms with Gasteiger partial charge in [-0.05, 0) is 81.4 Å². The van der Waals surface area contributed by atoms with E-state index in [1.165, 1.54) is 38.0 Å². The highest BCUT2D eigenvalue weighted by Gasteiger charge is 2.24. The molecule has 2 heterocycles. The molecule has 148 valence electrons. The first-order valence-corrected chi connectivity index (χ1v) is 12.0. The van der Waals surface area contributed by atoms with Crippen LogP contribution in [0.25, 0.3) is 0 Å². The molecule has 0 amide bonds. The van der Waals surface area contributed by atoms with Crippen molar-refractivity contribution in [3.05, 3.63) is 29.8 Å². The van der Waals surface area contributed by atoms with E-state index in [1.807, 2.05) is 26.0 Å². The summed E-state index contributed by atoms with van der Waals surface area (Å²) in [6, 6.07) is 7.64. The Morgan fingerprint density at radius 3 is 2.35 bits per heavy atom. The lowest BCUT2D eigenvalue weighted by molar-refractivity contribution is 0.167. The number of benzene rings is 1. The molecule has 2 aliphatic rings. The van der Waals surface area contributed by atoms with Gasteiger partial charge in [0.1, 0.15) is 0 Å². The third-order valence-corrected chi connectivity index (χ3v) is 7.36. The highest BCUT2D eigenvalue weighted by atomic mass is 32.2. The second-order valence-corrected chi connectivity index (χ2v) is 9.52. The monoisotopic (exact) mass is 380 g/mol. The van der Waals surface area contributed by atoms with Crippen molar-refractivity contribution >= 4 is 9.84 Å². The Morgan fingerprint density at radius 1 is 1.08 bits per heavy atom. The molecule has 0 saturated carbocycles. The Bertz CT molecular complexity index is 631. The number of rotatable bonds is 5. The lowest BCUT2D eigenvalue weighted by atomic mass is 9.88. The first-order chi connectivity index (χ1) is 12.6. The van der Waals surface area contributed by atoms with Gasteiger partial charge in [-0.1, -0.05) is 32.9 Å². The summed E-state index contributed by atoms with van der Waals surface area (Å²) in [5.74, 6) is 1.52. The first-order valence-electron chi connectivity index (χ1n) is 10.3. The van der Waals surface area contributed by atoms with E-state index in [1.54, 1.807) is 13.0 Å². The average molecular weight is 381 g/mol. The Kier molecular flexibility index (Phi) is 8.58. The van der Waals surface area contributed by atoms with Crippen LogP contribution in [-0.4, -0.2) is 51.8 Å². The molecule has 2 fully saturated rings. The Morgan fingerprint density at radius 2 is 1.73 bits per heavy atom. The van der Waals surface area contributed by atoms with E-state index in [-0.39, 0.29) is 5.75 Å². The number of hydrogen-bond donors (Lipinski definition) is 1. The molecule has 0 aliphatic carbocycles. The molecule has 26 heavy (non-hydrogen) atoms. The lowest BCUT2D eigenvalue weighted by Crippen LogP contribution is -2.39. The van der Waals surface area contributed by atoms with Crippen LogP contribution in [0.4, 0.5) is 0 Å². The number of hydrogen-bond acceptors (Lipinski definition) is 4. The van der Waals surface area contributed by atoms with Gasteiger partial charge in [-0.15, -0.1) is 0 Å². The second kappa shape index (κ2) is 10.4. The molecule has 0 atom stereocenters. The van der Waals surface area contributed by atoms with Crippen LogP contribution >= 0.6 is 0 Å². The van der Waals surface area contributed by atoms with Gasteiger partial charge in [0.15, 0.2) is 9.84 Å². The summed E-state index contributed by atoms with van der Waals surface area (Å²) in [6.45, 7) is 11.6. The maximum absolute atomic E-state index is 12.1. The zero-order chi connectivity index (χ0) is 19.0. The quantitative estimate of drug-likeness (QED) is 0.846. The molecule has 4 nitrogen and oxygen atoms in total. The van der Waals surface area contributed by atoms with E-state index < -0.39 is 9.84 Å². The van der Waals surface area contributed by atoms with E-state index in [0.717, 1.165) is 31.8 Å². The molecule has 0 spiro atoms. The number of nitrogens with zero attached hydrogens (tertiary/aromatic N) is 1. The fourth-order valence-corrected chi connectivity index (χ4v) is 4.94. The van der Waals surface area contributed by atoms with Gasteiger partial charge in [-0.2, -0.15) is 0 Å². The van der Waals surface area contributed by atoms with Crippen LogP contribution in [-0.2, 0) is 9.84 Å². The van der Waals surface area contributed by atoms with Crippen molar-refractivity contribution in [1.82, 2.24) is 10.2 Å². The van der Waals surface area contributed by atoms with Gasteiger partial charge in [0, 0.05) is 6.54 Å². The highest BCUT2D eigenvalue weighted by molar-refractivity contribution is 7.91. The Balaban J connectivity index is 0.00000117. The molecule has 0 radical (unpaired) electrons. The molecule has 1 aromatic carbocycles. The minimum absolute atomic E-state index is 0.172. The third-order valence-electron chi connectivity index (χ3n) is 5.63.